The summed E-state index contributed by atoms with van der Waals surface area (Å²) in [6.45, 7) is 14.0. The van der Waals surface area contributed by atoms with Gasteiger partial charge in [-0.2, -0.15) is 0 Å². The maximum absolute atomic E-state index is 2.33. The Bertz CT molecular complexity index is 791. The van der Waals surface area contributed by atoms with Gasteiger partial charge in [0.1, 0.15) is 0 Å². The second-order valence-corrected chi connectivity index (χ2v) is 12.3. The summed E-state index contributed by atoms with van der Waals surface area (Å²) in [4.78, 5) is 9.27. The van der Waals surface area contributed by atoms with Gasteiger partial charge in [-0.25, -0.2) is 0 Å². The molecule has 4 rings (SSSR count). The second kappa shape index (κ2) is 7.50. The molecule has 0 saturated heterocycles. The van der Waals surface area contributed by atoms with Crippen molar-refractivity contribution in [1.82, 2.24) is 0 Å². The van der Waals surface area contributed by atoms with Crippen LogP contribution in [0.2, 0.25) is 0 Å². The van der Waals surface area contributed by atoms with Crippen LogP contribution in [0.25, 0.3) is 0 Å². The molecule has 0 N–H and O–H groups in total. The highest BCUT2D eigenvalue weighted by atomic mass is 32.1. The summed E-state index contributed by atoms with van der Waals surface area (Å²) in [5, 5.41) is 0. The average molecular weight is 415 g/mol. The Hall–Kier alpha value is -0.900. The quantitative estimate of drug-likeness (QED) is 0.360. The molecule has 0 bridgehead atoms. The molecule has 144 valence electrons. The monoisotopic (exact) mass is 414 g/mol. The van der Waals surface area contributed by atoms with E-state index in [2.05, 4.69) is 41.5 Å². The Morgan fingerprint density at radius 2 is 0.481 bits per heavy atom. The van der Waals surface area contributed by atoms with Crippen molar-refractivity contribution < 1.29 is 0 Å². The van der Waals surface area contributed by atoms with Gasteiger partial charge in [0, 0.05) is 29.3 Å². The minimum absolute atomic E-state index is 1.21. The van der Waals surface area contributed by atoms with E-state index < -0.39 is 0 Å². The lowest BCUT2D eigenvalue weighted by atomic mass is 9.90. The zero-order chi connectivity index (χ0) is 19.3. The van der Waals surface area contributed by atoms with Crippen molar-refractivity contribution in [3.8, 4) is 0 Å². The molecule has 0 aliphatic heterocycles. The predicted octanol–water partition coefficient (Wildman–Crippen LogP) is 7.39. The van der Waals surface area contributed by atoms with Gasteiger partial charge in [-0.3, -0.25) is 0 Å². The number of hydrogen-bond donors (Lipinski definition) is 0. The van der Waals surface area contributed by atoms with Crippen molar-refractivity contribution in [3.05, 3.63) is 62.6 Å². The molecule has 0 aromatic carbocycles. The van der Waals surface area contributed by atoms with Gasteiger partial charge in [-0.05, 0) is 113 Å². The van der Waals surface area contributed by atoms with Gasteiger partial charge < -0.3 is 0 Å². The highest BCUT2D eigenvalue weighted by Gasteiger charge is 2.21. The predicted molar refractivity (Wildman–Crippen MR) is 124 cm³/mol. The number of hydrogen-bond acceptors (Lipinski definition) is 3. The van der Waals surface area contributed by atoms with Crippen molar-refractivity contribution in [1.29, 1.82) is 0 Å². The SMILES string of the molecule is Cc1sc(C)c2c1CCc1c(C)sc(C)c1CCc1c(C)sc(C)c1CC2. The minimum atomic E-state index is 1.21. The van der Waals surface area contributed by atoms with Crippen molar-refractivity contribution >= 4 is 34.0 Å². The second-order valence-electron chi connectivity index (χ2n) is 8.01. The number of rotatable bonds is 0. The summed E-state index contributed by atoms with van der Waals surface area (Å²) in [6, 6.07) is 0. The maximum Gasteiger partial charge on any atom is 0.00520 e. The van der Waals surface area contributed by atoms with Crippen molar-refractivity contribution in [2.45, 2.75) is 80.1 Å². The van der Waals surface area contributed by atoms with E-state index in [1.54, 1.807) is 62.6 Å². The van der Waals surface area contributed by atoms with Crippen LogP contribution in [0.5, 0.6) is 0 Å². The molecule has 0 nitrogen and oxygen atoms in total. The maximum atomic E-state index is 2.33. The van der Waals surface area contributed by atoms with Crippen LogP contribution < -0.4 is 0 Å². The molecule has 27 heavy (non-hydrogen) atoms. The van der Waals surface area contributed by atoms with E-state index in [4.69, 9.17) is 0 Å². The molecule has 0 unspecified atom stereocenters. The highest BCUT2D eigenvalue weighted by Crippen LogP contribution is 2.36. The third-order valence-corrected chi connectivity index (χ3v) is 9.75. The lowest BCUT2D eigenvalue weighted by Crippen LogP contribution is -2.06. The van der Waals surface area contributed by atoms with Crippen LogP contribution >= 0.6 is 34.0 Å². The van der Waals surface area contributed by atoms with Gasteiger partial charge in [0.15, 0.2) is 0 Å². The van der Waals surface area contributed by atoms with Gasteiger partial charge >= 0.3 is 0 Å². The lowest BCUT2D eigenvalue weighted by Gasteiger charge is -2.14. The number of fused-ring (bicyclic) bond motifs is 3. The fraction of sp³-hybridized carbons (Fsp3) is 0.500. The molecule has 0 radical (unpaired) electrons. The van der Waals surface area contributed by atoms with Crippen LogP contribution in [0, 0.1) is 41.5 Å². The first-order valence-corrected chi connectivity index (χ1v) is 12.5. The lowest BCUT2D eigenvalue weighted by molar-refractivity contribution is 0.837. The molecule has 0 saturated carbocycles. The van der Waals surface area contributed by atoms with Crippen molar-refractivity contribution in [3.63, 3.8) is 0 Å². The third kappa shape index (κ3) is 3.47. The standard InChI is InChI=1S/C24H30S3/c1-13-19-7-8-21-15(3)26-17(5)23(21)11-12-24-18(6)27-16(4)22(24)10-9-20(19)14(2)25-13/h7-12H2,1-6H3. The Labute approximate surface area is 176 Å². The molecule has 0 fully saturated rings. The molecule has 0 amide bonds. The fourth-order valence-corrected chi connectivity index (χ4v) is 8.51. The van der Waals surface area contributed by atoms with Crippen molar-refractivity contribution in [2.75, 3.05) is 0 Å². The van der Waals surface area contributed by atoms with E-state index in [9.17, 15) is 0 Å². The minimum Gasteiger partial charge on any atom is -0.145 e. The molecule has 3 aromatic heterocycles. The Morgan fingerprint density at radius 3 is 0.630 bits per heavy atom. The summed E-state index contributed by atoms with van der Waals surface area (Å²) in [7, 11) is 0. The zero-order valence-corrected chi connectivity index (χ0v) is 19.9. The molecule has 0 spiro atoms. The van der Waals surface area contributed by atoms with Gasteiger partial charge in [0.2, 0.25) is 0 Å². The van der Waals surface area contributed by atoms with Crippen LogP contribution in [-0.4, -0.2) is 0 Å². The topological polar surface area (TPSA) is 0 Å². The van der Waals surface area contributed by atoms with Crippen molar-refractivity contribution in [2.24, 2.45) is 0 Å². The number of aryl methyl sites for hydroxylation is 6. The van der Waals surface area contributed by atoms with Crippen LogP contribution in [-0.2, 0) is 38.5 Å². The van der Waals surface area contributed by atoms with E-state index in [1.807, 2.05) is 34.0 Å². The Kier molecular flexibility index (Phi) is 5.39. The first kappa shape index (κ1) is 19.4. The largest absolute Gasteiger partial charge is 0.145 e. The molecule has 1 aliphatic rings. The molecular formula is C24H30S3. The first-order valence-electron chi connectivity index (χ1n) is 10.1. The highest BCUT2D eigenvalue weighted by molar-refractivity contribution is 7.12. The summed E-state index contributed by atoms with van der Waals surface area (Å²) in [6.07, 6.45) is 7.27. The average Bonchev–Trinajstić information content (AvgIpc) is 3.12. The first-order chi connectivity index (χ1) is 12.9. The van der Waals surface area contributed by atoms with E-state index in [-0.39, 0.29) is 0 Å². The smallest absolute Gasteiger partial charge is 0.00520 e. The van der Waals surface area contributed by atoms with E-state index in [1.165, 1.54) is 38.5 Å². The number of thiophene rings is 3. The zero-order valence-electron chi connectivity index (χ0n) is 17.5. The van der Waals surface area contributed by atoms with E-state index >= 15 is 0 Å². The fourth-order valence-electron chi connectivity index (χ4n) is 5.04. The molecule has 0 atom stereocenters. The van der Waals surface area contributed by atoms with Gasteiger partial charge in [-0.1, -0.05) is 0 Å². The van der Waals surface area contributed by atoms with Gasteiger partial charge in [-0.15, -0.1) is 34.0 Å². The molecular weight excluding hydrogens is 384 g/mol. The molecule has 3 heteroatoms. The van der Waals surface area contributed by atoms with E-state index in [0.717, 1.165) is 0 Å². The van der Waals surface area contributed by atoms with Crippen LogP contribution in [0.15, 0.2) is 0 Å². The van der Waals surface area contributed by atoms with Gasteiger partial charge in [0.05, 0.1) is 0 Å². The molecule has 3 heterocycles. The van der Waals surface area contributed by atoms with Crippen LogP contribution in [0.1, 0.15) is 62.6 Å². The molecule has 3 aromatic rings. The van der Waals surface area contributed by atoms with E-state index in [0.29, 0.717) is 0 Å². The summed E-state index contributed by atoms with van der Waals surface area (Å²) in [5.41, 5.74) is 9.91. The van der Waals surface area contributed by atoms with Crippen LogP contribution in [0.3, 0.4) is 0 Å². The summed E-state index contributed by atoms with van der Waals surface area (Å²) >= 11 is 6.04. The Morgan fingerprint density at radius 1 is 0.333 bits per heavy atom. The summed E-state index contributed by atoms with van der Waals surface area (Å²) < 4.78 is 0. The molecule has 1 aliphatic carbocycles. The normalized spacial score (nSPS) is 14.9. The van der Waals surface area contributed by atoms with Crippen LogP contribution in [0.4, 0.5) is 0 Å². The third-order valence-electron chi connectivity index (χ3n) is 6.44. The van der Waals surface area contributed by atoms with Gasteiger partial charge in [0.25, 0.3) is 0 Å². The summed E-state index contributed by atoms with van der Waals surface area (Å²) in [5.74, 6) is 0. The Balaban J connectivity index is 1.84.